The molecule has 7 heteroatoms. The summed E-state index contributed by atoms with van der Waals surface area (Å²) < 4.78 is 22.0. The van der Waals surface area contributed by atoms with Gasteiger partial charge in [-0.1, -0.05) is 6.08 Å². The second-order valence-electron chi connectivity index (χ2n) is 4.31. The van der Waals surface area contributed by atoms with Crippen LogP contribution in [0.1, 0.15) is 19.3 Å². The second kappa shape index (κ2) is 11.5. The summed E-state index contributed by atoms with van der Waals surface area (Å²) in [5.41, 5.74) is 0. The number of sulfone groups is 1. The van der Waals surface area contributed by atoms with Gasteiger partial charge in [0.25, 0.3) is 0 Å². The van der Waals surface area contributed by atoms with Crippen LogP contribution in [0.3, 0.4) is 0 Å². The van der Waals surface area contributed by atoms with Crippen molar-refractivity contribution in [3.63, 3.8) is 0 Å². The zero-order chi connectivity index (χ0) is 14.0. The van der Waals surface area contributed by atoms with Crippen LogP contribution in [0.5, 0.6) is 0 Å². The van der Waals surface area contributed by atoms with Crippen LogP contribution in [-0.2, 0) is 9.84 Å². The SMILES string of the molecule is C=CCCCN(C)C(=NC)NCCCS(C)(=O)=O.I. The minimum atomic E-state index is -2.87. The fourth-order valence-corrected chi connectivity index (χ4v) is 2.17. The van der Waals surface area contributed by atoms with E-state index in [4.69, 9.17) is 0 Å². The van der Waals surface area contributed by atoms with Crippen LogP contribution in [0, 0.1) is 0 Å². The molecule has 0 saturated heterocycles. The van der Waals surface area contributed by atoms with E-state index < -0.39 is 9.84 Å². The molecule has 0 aliphatic heterocycles. The molecule has 0 heterocycles. The molecule has 0 amide bonds. The highest BCUT2D eigenvalue weighted by molar-refractivity contribution is 14.0. The molecule has 0 saturated carbocycles. The molecule has 19 heavy (non-hydrogen) atoms. The van der Waals surface area contributed by atoms with Crippen LogP contribution < -0.4 is 5.32 Å². The van der Waals surface area contributed by atoms with Crippen molar-refractivity contribution in [2.45, 2.75) is 19.3 Å². The Morgan fingerprint density at radius 2 is 2.05 bits per heavy atom. The van der Waals surface area contributed by atoms with Gasteiger partial charge in [0.05, 0.1) is 5.75 Å². The van der Waals surface area contributed by atoms with Gasteiger partial charge in [0, 0.05) is 33.4 Å². The summed E-state index contributed by atoms with van der Waals surface area (Å²) >= 11 is 0. The van der Waals surface area contributed by atoms with Crippen LogP contribution in [0.4, 0.5) is 0 Å². The van der Waals surface area contributed by atoms with Crippen molar-refractivity contribution < 1.29 is 8.42 Å². The fraction of sp³-hybridized carbons (Fsp3) is 0.750. The Morgan fingerprint density at radius 1 is 1.42 bits per heavy atom. The molecule has 0 aromatic rings. The zero-order valence-electron chi connectivity index (χ0n) is 12.1. The lowest BCUT2D eigenvalue weighted by Crippen LogP contribution is -2.40. The van der Waals surface area contributed by atoms with Crippen molar-refractivity contribution in [2.24, 2.45) is 4.99 Å². The molecule has 0 aromatic carbocycles. The first-order valence-corrected chi connectivity index (χ1v) is 8.17. The van der Waals surface area contributed by atoms with Gasteiger partial charge in [-0.3, -0.25) is 4.99 Å². The first-order valence-electron chi connectivity index (χ1n) is 6.11. The Labute approximate surface area is 134 Å². The third-order valence-electron chi connectivity index (χ3n) is 2.45. The van der Waals surface area contributed by atoms with Gasteiger partial charge in [0.15, 0.2) is 5.96 Å². The molecule has 0 aromatic heterocycles. The minimum Gasteiger partial charge on any atom is -0.356 e. The number of hydrogen-bond donors (Lipinski definition) is 1. The summed E-state index contributed by atoms with van der Waals surface area (Å²) in [6.07, 6.45) is 5.76. The van der Waals surface area contributed by atoms with Gasteiger partial charge in [-0.2, -0.15) is 0 Å². The van der Waals surface area contributed by atoms with Crippen LogP contribution in [0.15, 0.2) is 17.6 Å². The molecule has 114 valence electrons. The predicted molar refractivity (Wildman–Crippen MR) is 93.2 cm³/mol. The lowest BCUT2D eigenvalue weighted by molar-refractivity contribution is 0.470. The van der Waals surface area contributed by atoms with Crippen LogP contribution in [0.25, 0.3) is 0 Å². The molecule has 0 fully saturated rings. The highest BCUT2D eigenvalue weighted by atomic mass is 127. The van der Waals surface area contributed by atoms with Crippen molar-refractivity contribution in [3.8, 4) is 0 Å². The molecule has 0 spiro atoms. The van der Waals surface area contributed by atoms with Crippen LogP contribution in [-0.4, -0.2) is 58.5 Å². The number of unbranched alkanes of at least 4 members (excludes halogenated alkanes) is 1. The van der Waals surface area contributed by atoms with Crippen LogP contribution >= 0.6 is 24.0 Å². The summed E-state index contributed by atoms with van der Waals surface area (Å²) in [7, 11) is 0.821. The molecular formula is C12H26IN3O2S. The van der Waals surface area contributed by atoms with E-state index in [-0.39, 0.29) is 29.7 Å². The number of nitrogens with one attached hydrogen (secondary N) is 1. The van der Waals surface area contributed by atoms with E-state index in [0.717, 1.165) is 25.3 Å². The highest BCUT2D eigenvalue weighted by Crippen LogP contribution is 1.94. The van der Waals surface area contributed by atoms with E-state index in [1.165, 1.54) is 6.26 Å². The fourth-order valence-electron chi connectivity index (χ4n) is 1.50. The van der Waals surface area contributed by atoms with Crippen molar-refractivity contribution in [3.05, 3.63) is 12.7 Å². The maximum atomic E-state index is 11.0. The molecule has 1 N–H and O–H groups in total. The Kier molecular flexibility index (Phi) is 12.7. The average molecular weight is 403 g/mol. The lowest BCUT2D eigenvalue weighted by Gasteiger charge is -2.21. The van der Waals surface area contributed by atoms with Gasteiger partial charge in [-0.25, -0.2) is 8.42 Å². The third kappa shape index (κ3) is 12.5. The Bertz CT molecular complexity index is 369. The van der Waals surface area contributed by atoms with Crippen LogP contribution in [0.2, 0.25) is 0 Å². The number of nitrogens with zero attached hydrogens (tertiary/aromatic N) is 2. The summed E-state index contributed by atoms with van der Waals surface area (Å²) in [6.45, 7) is 5.20. The van der Waals surface area contributed by atoms with E-state index in [1.54, 1.807) is 7.05 Å². The number of rotatable bonds is 8. The largest absolute Gasteiger partial charge is 0.356 e. The summed E-state index contributed by atoms with van der Waals surface area (Å²) in [6, 6.07) is 0. The van der Waals surface area contributed by atoms with E-state index in [2.05, 4.69) is 16.9 Å². The summed E-state index contributed by atoms with van der Waals surface area (Å²) in [5, 5.41) is 3.15. The van der Waals surface area contributed by atoms with E-state index in [1.807, 2.05) is 18.0 Å². The monoisotopic (exact) mass is 403 g/mol. The number of halogens is 1. The van der Waals surface area contributed by atoms with Crippen molar-refractivity contribution in [1.82, 2.24) is 10.2 Å². The molecular weight excluding hydrogens is 377 g/mol. The molecule has 0 radical (unpaired) electrons. The van der Waals surface area contributed by atoms with Gasteiger partial charge in [0.1, 0.15) is 9.84 Å². The first kappa shape index (κ1) is 21.0. The predicted octanol–water partition coefficient (Wildman–Crippen LogP) is 1.51. The Balaban J connectivity index is 0. The zero-order valence-corrected chi connectivity index (χ0v) is 15.2. The van der Waals surface area contributed by atoms with Gasteiger partial charge in [0.2, 0.25) is 0 Å². The summed E-state index contributed by atoms with van der Waals surface area (Å²) in [5.74, 6) is 1.00. The molecule has 0 atom stereocenters. The highest BCUT2D eigenvalue weighted by Gasteiger charge is 2.05. The topological polar surface area (TPSA) is 61.8 Å². The number of allylic oxidation sites excluding steroid dienone is 1. The average Bonchev–Trinajstić information content (AvgIpc) is 2.28. The molecule has 0 bridgehead atoms. The molecule has 0 aliphatic rings. The molecule has 0 unspecified atom stereocenters. The third-order valence-corrected chi connectivity index (χ3v) is 3.48. The number of guanidine groups is 1. The van der Waals surface area contributed by atoms with E-state index in [0.29, 0.717) is 13.0 Å². The maximum absolute atomic E-state index is 11.0. The Morgan fingerprint density at radius 3 is 2.53 bits per heavy atom. The van der Waals surface area contributed by atoms with Crippen molar-refractivity contribution in [2.75, 3.05) is 39.2 Å². The summed E-state index contributed by atoms with van der Waals surface area (Å²) in [4.78, 5) is 6.19. The molecule has 5 nitrogen and oxygen atoms in total. The van der Waals surface area contributed by atoms with Gasteiger partial charge in [-0.15, -0.1) is 30.6 Å². The smallest absolute Gasteiger partial charge is 0.193 e. The van der Waals surface area contributed by atoms with Gasteiger partial charge < -0.3 is 10.2 Å². The van der Waals surface area contributed by atoms with E-state index in [9.17, 15) is 8.42 Å². The standard InChI is InChI=1S/C12H25N3O2S.HI/c1-5-6-7-10-15(3)12(13-2)14-9-8-11-18(4,16)17;/h5H,1,6-11H2,2-4H3,(H,13,14);1H. The normalized spacial score (nSPS) is 11.6. The maximum Gasteiger partial charge on any atom is 0.193 e. The van der Waals surface area contributed by atoms with Gasteiger partial charge >= 0.3 is 0 Å². The molecule has 0 rings (SSSR count). The second-order valence-corrected chi connectivity index (χ2v) is 6.57. The number of aliphatic imine (C=N–C) groups is 1. The van der Waals surface area contributed by atoms with E-state index >= 15 is 0 Å². The van der Waals surface area contributed by atoms with Gasteiger partial charge in [-0.05, 0) is 19.3 Å². The Hall–Kier alpha value is -0.310. The lowest BCUT2D eigenvalue weighted by atomic mass is 10.3. The molecule has 0 aliphatic carbocycles. The van der Waals surface area contributed by atoms with Crippen molar-refractivity contribution >= 4 is 39.8 Å². The first-order chi connectivity index (χ1) is 8.40. The van der Waals surface area contributed by atoms with Crippen molar-refractivity contribution in [1.29, 1.82) is 0 Å². The minimum absolute atomic E-state index is 0. The quantitative estimate of drug-likeness (QED) is 0.220. The number of hydrogen-bond acceptors (Lipinski definition) is 3.